The van der Waals surface area contributed by atoms with Gasteiger partial charge in [0.25, 0.3) is 0 Å². The van der Waals surface area contributed by atoms with E-state index in [1.807, 2.05) is 6.07 Å². The van der Waals surface area contributed by atoms with Crippen LogP contribution >= 0.6 is 0 Å². The smallest absolute Gasteiger partial charge is 0.354 e. The van der Waals surface area contributed by atoms with Crippen molar-refractivity contribution in [3.8, 4) is 0 Å². The van der Waals surface area contributed by atoms with Gasteiger partial charge in [0.05, 0.1) is 18.3 Å². The van der Waals surface area contributed by atoms with E-state index in [1.54, 1.807) is 18.5 Å². The van der Waals surface area contributed by atoms with Crippen LogP contribution in [0.3, 0.4) is 0 Å². The lowest BCUT2D eigenvalue weighted by atomic mass is 10.1. The predicted molar refractivity (Wildman–Crippen MR) is 68.2 cm³/mol. The molecule has 0 fully saturated rings. The monoisotopic (exact) mass is 242 g/mol. The van der Waals surface area contributed by atoms with Gasteiger partial charge in [-0.25, -0.2) is 4.79 Å². The van der Waals surface area contributed by atoms with E-state index in [0.717, 1.165) is 23.7 Å². The quantitative estimate of drug-likeness (QED) is 0.665. The summed E-state index contributed by atoms with van der Waals surface area (Å²) in [5.41, 5.74) is 1.34. The Kier molecular flexibility index (Phi) is 2.84. The van der Waals surface area contributed by atoms with E-state index in [0.29, 0.717) is 18.2 Å². The summed E-state index contributed by atoms with van der Waals surface area (Å²) in [6.45, 7) is 0.486. The van der Waals surface area contributed by atoms with Crippen molar-refractivity contribution in [3.63, 3.8) is 0 Å². The van der Waals surface area contributed by atoms with Crippen LogP contribution in [0.2, 0.25) is 0 Å². The number of pyridine rings is 1. The molecule has 0 saturated carbocycles. The summed E-state index contributed by atoms with van der Waals surface area (Å²) in [4.78, 5) is 18.9. The Balaban J connectivity index is 1.67. The average Bonchev–Trinajstić information content (AvgIpc) is 3.04. The van der Waals surface area contributed by atoms with Crippen molar-refractivity contribution in [2.45, 2.75) is 12.8 Å². The number of fused-ring (bicyclic) bond motifs is 1. The number of hydrogen-bond donors (Lipinski definition) is 1. The standard InChI is InChI=1S/C14H14N2O2/c17-14(18-9-10-3-1-2-4-10)12-7-11-5-6-15-8-13(11)16-12/h1-2,5-8,10,16H,3-4,9H2. The van der Waals surface area contributed by atoms with E-state index < -0.39 is 0 Å². The van der Waals surface area contributed by atoms with Gasteiger partial charge in [-0.15, -0.1) is 0 Å². The maximum absolute atomic E-state index is 11.9. The van der Waals surface area contributed by atoms with Crippen LogP contribution in [0.15, 0.2) is 36.7 Å². The third-order valence-corrected chi connectivity index (χ3v) is 3.20. The molecule has 1 aliphatic carbocycles. The van der Waals surface area contributed by atoms with E-state index >= 15 is 0 Å². The average molecular weight is 242 g/mol. The van der Waals surface area contributed by atoms with Crippen molar-refractivity contribution < 1.29 is 9.53 Å². The molecule has 3 rings (SSSR count). The minimum atomic E-state index is -0.293. The van der Waals surface area contributed by atoms with Crippen molar-refractivity contribution >= 4 is 16.9 Å². The number of nitrogens with zero attached hydrogens (tertiary/aromatic N) is 1. The number of H-pyrrole nitrogens is 1. The SMILES string of the molecule is O=C(OCC1CC=CC1)c1cc2ccncc2[nH]1. The molecule has 18 heavy (non-hydrogen) atoms. The van der Waals surface area contributed by atoms with Crippen LogP contribution < -0.4 is 0 Å². The van der Waals surface area contributed by atoms with Gasteiger partial charge in [0.1, 0.15) is 5.69 Å². The third-order valence-electron chi connectivity index (χ3n) is 3.20. The summed E-state index contributed by atoms with van der Waals surface area (Å²) in [6.07, 6.45) is 9.68. The minimum absolute atomic E-state index is 0.293. The number of carbonyl (C=O) groups is 1. The zero-order valence-electron chi connectivity index (χ0n) is 9.93. The van der Waals surface area contributed by atoms with Gasteiger partial charge in [0.2, 0.25) is 0 Å². The highest BCUT2D eigenvalue weighted by atomic mass is 16.5. The van der Waals surface area contributed by atoms with Gasteiger partial charge >= 0.3 is 5.97 Å². The number of hydrogen-bond acceptors (Lipinski definition) is 3. The second kappa shape index (κ2) is 4.64. The zero-order chi connectivity index (χ0) is 12.4. The summed E-state index contributed by atoms with van der Waals surface area (Å²) >= 11 is 0. The number of rotatable bonds is 3. The van der Waals surface area contributed by atoms with E-state index in [-0.39, 0.29) is 5.97 Å². The third kappa shape index (κ3) is 2.14. The summed E-state index contributed by atoms with van der Waals surface area (Å²) in [7, 11) is 0. The number of aromatic amines is 1. The van der Waals surface area contributed by atoms with Gasteiger partial charge in [0.15, 0.2) is 0 Å². The number of nitrogens with one attached hydrogen (secondary N) is 1. The number of esters is 1. The molecule has 2 heterocycles. The molecule has 2 aromatic rings. The highest BCUT2D eigenvalue weighted by Crippen LogP contribution is 2.19. The molecule has 1 aliphatic rings. The second-order valence-electron chi connectivity index (χ2n) is 4.55. The van der Waals surface area contributed by atoms with Gasteiger partial charge in [-0.05, 0) is 30.9 Å². The molecule has 0 saturated heterocycles. The van der Waals surface area contributed by atoms with Crippen LogP contribution in [0.25, 0.3) is 10.9 Å². The first-order chi connectivity index (χ1) is 8.83. The lowest BCUT2D eigenvalue weighted by Crippen LogP contribution is -2.12. The molecule has 0 bridgehead atoms. The number of carbonyl (C=O) groups excluding carboxylic acids is 1. The molecule has 4 nitrogen and oxygen atoms in total. The molecule has 0 atom stereocenters. The Morgan fingerprint density at radius 1 is 1.44 bits per heavy atom. The van der Waals surface area contributed by atoms with Crippen molar-refractivity contribution in [1.82, 2.24) is 9.97 Å². The second-order valence-corrected chi connectivity index (χ2v) is 4.55. The van der Waals surface area contributed by atoms with Crippen LogP contribution in [-0.2, 0) is 4.74 Å². The maximum atomic E-state index is 11.9. The van der Waals surface area contributed by atoms with Crippen LogP contribution in [0.5, 0.6) is 0 Å². The van der Waals surface area contributed by atoms with Gasteiger partial charge in [-0.1, -0.05) is 12.2 Å². The Bertz CT molecular complexity index is 560. The molecule has 0 amide bonds. The number of ether oxygens (including phenoxy) is 1. The summed E-state index contributed by atoms with van der Waals surface area (Å²) in [6, 6.07) is 3.66. The molecule has 4 heteroatoms. The molecule has 0 aromatic carbocycles. The molecule has 2 aromatic heterocycles. The first kappa shape index (κ1) is 11.0. The lowest BCUT2D eigenvalue weighted by Gasteiger charge is -2.08. The van der Waals surface area contributed by atoms with E-state index in [2.05, 4.69) is 22.1 Å². The fraction of sp³-hybridized carbons (Fsp3) is 0.286. The largest absolute Gasteiger partial charge is 0.461 e. The Hall–Kier alpha value is -2.10. The highest BCUT2D eigenvalue weighted by molar-refractivity contribution is 5.94. The van der Waals surface area contributed by atoms with Crippen molar-refractivity contribution in [2.75, 3.05) is 6.61 Å². The fourth-order valence-electron chi connectivity index (χ4n) is 2.16. The molecule has 0 unspecified atom stereocenters. The fourth-order valence-corrected chi connectivity index (χ4v) is 2.16. The highest BCUT2D eigenvalue weighted by Gasteiger charge is 2.15. The lowest BCUT2D eigenvalue weighted by molar-refractivity contribution is 0.0440. The molecule has 0 aliphatic heterocycles. The van der Waals surface area contributed by atoms with Crippen LogP contribution in [-0.4, -0.2) is 22.5 Å². The normalized spacial score (nSPS) is 15.3. The van der Waals surface area contributed by atoms with Gasteiger partial charge < -0.3 is 9.72 Å². The van der Waals surface area contributed by atoms with Gasteiger partial charge in [-0.2, -0.15) is 0 Å². The van der Waals surface area contributed by atoms with Crippen LogP contribution in [0.4, 0.5) is 0 Å². The number of allylic oxidation sites excluding steroid dienone is 2. The first-order valence-corrected chi connectivity index (χ1v) is 6.08. The Morgan fingerprint density at radius 3 is 3.06 bits per heavy atom. The van der Waals surface area contributed by atoms with Crippen molar-refractivity contribution in [1.29, 1.82) is 0 Å². The Labute approximate surface area is 105 Å². The molecule has 0 radical (unpaired) electrons. The van der Waals surface area contributed by atoms with E-state index in [9.17, 15) is 4.79 Å². The van der Waals surface area contributed by atoms with E-state index in [4.69, 9.17) is 4.74 Å². The van der Waals surface area contributed by atoms with Crippen LogP contribution in [0.1, 0.15) is 23.3 Å². The zero-order valence-corrected chi connectivity index (χ0v) is 9.93. The molecular weight excluding hydrogens is 228 g/mol. The minimum Gasteiger partial charge on any atom is -0.461 e. The van der Waals surface area contributed by atoms with Gasteiger partial charge in [0, 0.05) is 11.6 Å². The summed E-state index contributed by atoms with van der Waals surface area (Å²) in [5, 5.41) is 0.972. The van der Waals surface area contributed by atoms with E-state index in [1.165, 1.54) is 0 Å². The molecule has 1 N–H and O–H groups in total. The van der Waals surface area contributed by atoms with Crippen LogP contribution in [0, 0.1) is 5.92 Å². The summed E-state index contributed by atoms with van der Waals surface area (Å²) < 4.78 is 5.31. The molecule has 0 spiro atoms. The topological polar surface area (TPSA) is 55.0 Å². The Morgan fingerprint density at radius 2 is 2.28 bits per heavy atom. The van der Waals surface area contributed by atoms with Gasteiger partial charge in [-0.3, -0.25) is 4.98 Å². The maximum Gasteiger partial charge on any atom is 0.354 e. The van der Waals surface area contributed by atoms with Crippen molar-refractivity contribution in [2.24, 2.45) is 5.92 Å². The predicted octanol–water partition coefficient (Wildman–Crippen LogP) is 2.69. The molecular formula is C14H14N2O2. The number of aromatic nitrogens is 2. The van der Waals surface area contributed by atoms with Crippen molar-refractivity contribution in [3.05, 3.63) is 42.4 Å². The first-order valence-electron chi connectivity index (χ1n) is 6.08. The molecule has 92 valence electrons. The summed E-state index contributed by atoms with van der Waals surface area (Å²) in [5.74, 6) is 0.151.